The minimum Gasteiger partial charge on any atom is -0.434 e. The Hall–Kier alpha value is -2.18. The molecular formula is C14H13NO4S. The first-order valence-electron chi connectivity index (χ1n) is 5.82. The Labute approximate surface area is 116 Å². The number of ether oxygens (including phenoxy) is 1. The summed E-state index contributed by atoms with van der Waals surface area (Å²) in [5.41, 5.74) is 0. The molecule has 2 aromatic carbocycles. The van der Waals surface area contributed by atoms with Crippen LogP contribution in [0, 0.1) is 0 Å². The predicted octanol–water partition coefficient (Wildman–Crippen LogP) is 1.80. The summed E-state index contributed by atoms with van der Waals surface area (Å²) in [6.45, 7) is 2.77. The summed E-state index contributed by atoms with van der Waals surface area (Å²) in [4.78, 5) is 11.2. The molecule has 0 spiro atoms. The summed E-state index contributed by atoms with van der Waals surface area (Å²) >= 11 is 0. The Morgan fingerprint density at radius 2 is 1.90 bits per heavy atom. The van der Waals surface area contributed by atoms with E-state index in [2.05, 4.69) is 16.0 Å². The molecule has 0 radical (unpaired) electrons. The third-order valence-electron chi connectivity index (χ3n) is 2.65. The molecule has 1 N–H and O–H groups in total. The van der Waals surface area contributed by atoms with Gasteiger partial charge in [0.1, 0.15) is 6.54 Å². The van der Waals surface area contributed by atoms with Gasteiger partial charge in [0, 0.05) is 0 Å². The van der Waals surface area contributed by atoms with Gasteiger partial charge in [-0.15, -0.1) is 0 Å². The molecule has 0 amide bonds. The lowest BCUT2D eigenvalue weighted by molar-refractivity contribution is -0.136. The van der Waals surface area contributed by atoms with Gasteiger partial charge in [0.25, 0.3) is 0 Å². The SMILES string of the molecule is C=COC(=O)CNS(=O)(=O)c1ccc2ccccc2c1. The zero-order chi connectivity index (χ0) is 14.6. The van der Waals surface area contributed by atoms with Gasteiger partial charge in [0.2, 0.25) is 10.0 Å². The lowest BCUT2D eigenvalue weighted by Gasteiger charge is -2.07. The third-order valence-corrected chi connectivity index (χ3v) is 4.05. The van der Waals surface area contributed by atoms with Gasteiger partial charge in [-0.1, -0.05) is 36.9 Å². The second-order valence-corrected chi connectivity index (χ2v) is 5.76. The van der Waals surface area contributed by atoms with E-state index in [-0.39, 0.29) is 4.90 Å². The topological polar surface area (TPSA) is 72.5 Å². The van der Waals surface area contributed by atoms with E-state index in [1.807, 2.05) is 24.3 Å². The van der Waals surface area contributed by atoms with Gasteiger partial charge in [-0.25, -0.2) is 8.42 Å². The number of esters is 1. The zero-order valence-electron chi connectivity index (χ0n) is 10.6. The summed E-state index contributed by atoms with van der Waals surface area (Å²) in [5.74, 6) is -0.718. The first-order chi connectivity index (χ1) is 9.53. The molecular weight excluding hydrogens is 278 g/mol. The quantitative estimate of drug-likeness (QED) is 0.673. The van der Waals surface area contributed by atoms with Crippen molar-refractivity contribution >= 4 is 26.8 Å². The van der Waals surface area contributed by atoms with Crippen LogP contribution in [0.2, 0.25) is 0 Å². The number of rotatable bonds is 5. The van der Waals surface area contributed by atoms with Crippen molar-refractivity contribution in [3.8, 4) is 0 Å². The van der Waals surface area contributed by atoms with Crippen LogP contribution < -0.4 is 4.72 Å². The van der Waals surface area contributed by atoms with E-state index < -0.39 is 22.5 Å². The predicted molar refractivity (Wildman–Crippen MR) is 75.4 cm³/mol. The van der Waals surface area contributed by atoms with Gasteiger partial charge in [-0.3, -0.25) is 4.79 Å². The fourth-order valence-electron chi connectivity index (χ4n) is 1.71. The van der Waals surface area contributed by atoms with Crippen LogP contribution in [0.5, 0.6) is 0 Å². The smallest absolute Gasteiger partial charge is 0.325 e. The normalized spacial score (nSPS) is 11.2. The van der Waals surface area contributed by atoms with E-state index in [0.29, 0.717) is 0 Å². The van der Waals surface area contributed by atoms with Gasteiger partial charge in [-0.05, 0) is 22.9 Å². The monoisotopic (exact) mass is 291 g/mol. The van der Waals surface area contributed by atoms with E-state index in [9.17, 15) is 13.2 Å². The minimum absolute atomic E-state index is 0.0996. The standard InChI is InChI=1S/C14H13NO4S/c1-2-19-14(16)10-15-20(17,18)13-8-7-11-5-3-4-6-12(11)9-13/h2-9,15H,1,10H2. The van der Waals surface area contributed by atoms with Crippen LogP contribution in [0.4, 0.5) is 0 Å². The molecule has 0 heterocycles. The first-order valence-corrected chi connectivity index (χ1v) is 7.30. The zero-order valence-corrected chi connectivity index (χ0v) is 11.4. The molecule has 0 aromatic heterocycles. The number of hydrogen-bond acceptors (Lipinski definition) is 4. The van der Waals surface area contributed by atoms with Crippen LogP contribution in [0.3, 0.4) is 0 Å². The summed E-state index contributed by atoms with van der Waals surface area (Å²) in [6.07, 6.45) is 0.951. The molecule has 0 unspecified atom stereocenters. The van der Waals surface area contributed by atoms with Crippen molar-refractivity contribution in [3.63, 3.8) is 0 Å². The van der Waals surface area contributed by atoms with Crippen molar-refractivity contribution in [1.82, 2.24) is 4.72 Å². The molecule has 2 aromatic rings. The van der Waals surface area contributed by atoms with Crippen molar-refractivity contribution in [2.45, 2.75) is 4.90 Å². The summed E-state index contributed by atoms with van der Waals surface area (Å²) in [5, 5.41) is 1.75. The molecule has 0 aliphatic carbocycles. The molecule has 0 atom stereocenters. The number of carbonyl (C=O) groups excluding carboxylic acids is 1. The van der Waals surface area contributed by atoms with Gasteiger partial charge >= 0.3 is 5.97 Å². The Morgan fingerprint density at radius 3 is 2.60 bits per heavy atom. The maximum absolute atomic E-state index is 12.0. The summed E-state index contributed by atoms with van der Waals surface area (Å²) in [6, 6.07) is 12.2. The largest absolute Gasteiger partial charge is 0.434 e. The van der Waals surface area contributed by atoms with Crippen molar-refractivity contribution in [2.75, 3.05) is 6.54 Å². The van der Waals surface area contributed by atoms with Crippen molar-refractivity contribution in [1.29, 1.82) is 0 Å². The van der Waals surface area contributed by atoms with Crippen molar-refractivity contribution in [3.05, 3.63) is 55.3 Å². The lowest BCUT2D eigenvalue weighted by Crippen LogP contribution is -2.30. The van der Waals surface area contributed by atoms with Crippen molar-refractivity contribution in [2.24, 2.45) is 0 Å². The molecule has 0 aliphatic rings. The Bertz CT molecular complexity index is 753. The van der Waals surface area contributed by atoms with Gasteiger partial charge in [-0.2, -0.15) is 4.72 Å². The maximum atomic E-state index is 12.0. The molecule has 0 fully saturated rings. The van der Waals surface area contributed by atoms with Crippen molar-refractivity contribution < 1.29 is 17.9 Å². The fourth-order valence-corrected chi connectivity index (χ4v) is 2.71. The molecule has 5 nitrogen and oxygen atoms in total. The second kappa shape index (κ2) is 5.85. The highest BCUT2D eigenvalue weighted by Gasteiger charge is 2.16. The molecule has 0 aliphatic heterocycles. The van der Waals surface area contributed by atoms with Crippen LogP contribution in [-0.2, 0) is 19.6 Å². The Balaban J connectivity index is 2.23. The third kappa shape index (κ3) is 3.23. The molecule has 6 heteroatoms. The minimum atomic E-state index is -3.75. The average Bonchev–Trinajstić information content (AvgIpc) is 2.45. The van der Waals surface area contributed by atoms with Gasteiger partial charge in [0.05, 0.1) is 11.2 Å². The summed E-state index contributed by atoms with van der Waals surface area (Å²) in [7, 11) is -3.75. The second-order valence-electron chi connectivity index (χ2n) is 3.99. The number of sulfonamides is 1. The number of carbonyl (C=O) groups is 1. The van der Waals surface area contributed by atoms with E-state index in [1.54, 1.807) is 12.1 Å². The molecule has 0 bridgehead atoms. The van der Waals surface area contributed by atoms with E-state index in [4.69, 9.17) is 0 Å². The fraction of sp³-hybridized carbons (Fsp3) is 0.0714. The van der Waals surface area contributed by atoms with E-state index in [0.717, 1.165) is 17.0 Å². The Morgan fingerprint density at radius 1 is 1.20 bits per heavy atom. The summed E-state index contributed by atoms with van der Waals surface area (Å²) < 4.78 is 30.7. The number of benzene rings is 2. The Kier molecular flexibility index (Phi) is 4.16. The van der Waals surface area contributed by atoms with Crippen LogP contribution in [0.15, 0.2) is 60.2 Å². The van der Waals surface area contributed by atoms with Crippen LogP contribution >= 0.6 is 0 Å². The first kappa shape index (κ1) is 14.2. The van der Waals surface area contributed by atoms with E-state index >= 15 is 0 Å². The van der Waals surface area contributed by atoms with Crippen LogP contribution in [0.25, 0.3) is 10.8 Å². The highest BCUT2D eigenvalue weighted by molar-refractivity contribution is 7.89. The molecule has 20 heavy (non-hydrogen) atoms. The lowest BCUT2D eigenvalue weighted by atomic mass is 10.1. The highest BCUT2D eigenvalue weighted by atomic mass is 32.2. The van der Waals surface area contributed by atoms with Gasteiger partial charge < -0.3 is 4.74 Å². The van der Waals surface area contributed by atoms with Crippen LogP contribution in [0.1, 0.15) is 0 Å². The average molecular weight is 291 g/mol. The highest BCUT2D eigenvalue weighted by Crippen LogP contribution is 2.18. The molecule has 0 saturated carbocycles. The number of nitrogens with one attached hydrogen (secondary N) is 1. The molecule has 104 valence electrons. The maximum Gasteiger partial charge on any atom is 0.325 e. The van der Waals surface area contributed by atoms with Crippen LogP contribution in [-0.4, -0.2) is 20.9 Å². The van der Waals surface area contributed by atoms with E-state index in [1.165, 1.54) is 6.07 Å². The molecule has 2 rings (SSSR count). The molecule has 0 saturated heterocycles. The number of fused-ring (bicyclic) bond motifs is 1. The number of hydrogen-bond donors (Lipinski definition) is 1. The van der Waals surface area contributed by atoms with Gasteiger partial charge in [0.15, 0.2) is 0 Å².